The Morgan fingerprint density at radius 1 is 0.367 bits per heavy atom. The first-order chi connectivity index (χ1) is 28.6. The summed E-state index contributed by atoms with van der Waals surface area (Å²) in [4.78, 5) is 0. The molecule has 0 nitrogen and oxygen atoms in total. The molecule has 3 aliphatic rings. The van der Waals surface area contributed by atoms with Crippen molar-refractivity contribution < 1.29 is 0 Å². The van der Waals surface area contributed by atoms with Gasteiger partial charge in [-0.1, -0.05) is 182 Å². The lowest BCUT2D eigenvalue weighted by molar-refractivity contribution is 0.491. The molecule has 0 amide bonds. The van der Waals surface area contributed by atoms with Crippen LogP contribution in [0.4, 0.5) is 0 Å². The van der Waals surface area contributed by atoms with Crippen LogP contribution in [-0.2, 0) is 27.1 Å². The van der Waals surface area contributed by atoms with Crippen LogP contribution in [0, 0.1) is 0 Å². The van der Waals surface area contributed by atoms with Gasteiger partial charge in [-0.25, -0.2) is 0 Å². The molecule has 0 bridgehead atoms. The van der Waals surface area contributed by atoms with Gasteiger partial charge in [0.15, 0.2) is 0 Å². The molecule has 0 aromatic heterocycles. The van der Waals surface area contributed by atoms with Crippen molar-refractivity contribution in [3.63, 3.8) is 0 Å². The van der Waals surface area contributed by atoms with Crippen LogP contribution in [0.2, 0.25) is 0 Å². The van der Waals surface area contributed by atoms with Crippen LogP contribution in [-0.4, -0.2) is 0 Å². The number of rotatable bonds is 9. The van der Waals surface area contributed by atoms with Gasteiger partial charge in [0.25, 0.3) is 0 Å². The summed E-state index contributed by atoms with van der Waals surface area (Å²) >= 11 is 0. The lowest BCUT2D eigenvalue weighted by Gasteiger charge is -2.30. The molecule has 0 saturated heterocycles. The van der Waals surface area contributed by atoms with Gasteiger partial charge in [-0.15, -0.1) is 0 Å². The van der Waals surface area contributed by atoms with Crippen molar-refractivity contribution in [3.05, 3.63) is 154 Å². The maximum absolute atomic E-state index is 2.56. The van der Waals surface area contributed by atoms with E-state index in [1.165, 1.54) is 100 Å². The third-order valence-corrected chi connectivity index (χ3v) is 16.5. The molecule has 0 heteroatoms. The Balaban J connectivity index is 0.00000246. The third kappa shape index (κ3) is 5.97. The highest BCUT2D eigenvalue weighted by atomic mass is 14.5. The summed E-state index contributed by atoms with van der Waals surface area (Å²) in [7, 11) is 0. The van der Waals surface area contributed by atoms with Crippen molar-refractivity contribution in [1.29, 1.82) is 0 Å². The summed E-state index contributed by atoms with van der Waals surface area (Å²) < 4.78 is 0. The zero-order chi connectivity index (χ0) is 43.2. The van der Waals surface area contributed by atoms with E-state index in [-0.39, 0.29) is 27.1 Å². The average Bonchev–Trinajstić information content (AvgIpc) is 3.80. The quantitative estimate of drug-likeness (QED) is 0.137. The Kier molecular flexibility index (Phi) is 10.3. The molecule has 0 spiro atoms. The summed E-state index contributed by atoms with van der Waals surface area (Å²) in [6, 6.07) is 43.9. The predicted molar refractivity (Wildman–Crippen MR) is 262 cm³/mol. The second-order valence-corrected chi connectivity index (χ2v) is 20.1. The largest absolute Gasteiger partial charge is 0.0683 e. The van der Waals surface area contributed by atoms with Crippen LogP contribution in [0.25, 0.3) is 55.6 Å². The molecule has 310 valence electrons. The molecule has 0 heterocycles. The van der Waals surface area contributed by atoms with E-state index >= 15 is 0 Å². The molecular weight excluding hydrogens is 721 g/mol. The molecule has 0 radical (unpaired) electrons. The van der Waals surface area contributed by atoms with Gasteiger partial charge in [0.05, 0.1) is 0 Å². The van der Waals surface area contributed by atoms with E-state index in [2.05, 4.69) is 192 Å². The van der Waals surface area contributed by atoms with Crippen molar-refractivity contribution >= 4 is 0 Å². The topological polar surface area (TPSA) is 0 Å². The van der Waals surface area contributed by atoms with Gasteiger partial charge >= 0.3 is 0 Å². The number of benzene rings is 6. The molecule has 1 atom stereocenters. The second-order valence-electron chi connectivity index (χ2n) is 20.1. The van der Waals surface area contributed by atoms with Crippen LogP contribution in [0.5, 0.6) is 0 Å². The summed E-state index contributed by atoms with van der Waals surface area (Å²) in [6.45, 7) is 32.6. The van der Waals surface area contributed by atoms with Crippen molar-refractivity contribution in [3.8, 4) is 55.6 Å². The molecule has 6 aromatic rings. The number of hydrogen-bond donors (Lipinski definition) is 0. The van der Waals surface area contributed by atoms with Crippen LogP contribution in [0.1, 0.15) is 174 Å². The molecule has 0 fully saturated rings. The van der Waals surface area contributed by atoms with E-state index in [0.29, 0.717) is 0 Å². The first-order valence-corrected chi connectivity index (χ1v) is 23.5. The SMILES string of the molecule is CC.CCC(C)(C)c1ccc2c(c1)C(C)(C)c1cc(-c3ccc4c(c3)C(CC)(CC)c3cc(-c5ccc6c(c5)C(C)(CC)c5cc(C(C)(C)CC)ccc5-6)ccc3-4)ccc1-2. The van der Waals surface area contributed by atoms with E-state index in [9.17, 15) is 0 Å². The number of hydrogen-bond acceptors (Lipinski definition) is 0. The summed E-state index contributed by atoms with van der Waals surface area (Å²) in [5.41, 5.74) is 25.7. The van der Waals surface area contributed by atoms with Gasteiger partial charge < -0.3 is 0 Å². The normalized spacial score (nSPS) is 17.5. The van der Waals surface area contributed by atoms with Crippen molar-refractivity contribution in [2.24, 2.45) is 0 Å². The zero-order valence-electron chi connectivity index (χ0n) is 39.4. The Labute approximate surface area is 363 Å². The molecule has 0 N–H and O–H groups in total. The highest BCUT2D eigenvalue weighted by Gasteiger charge is 2.43. The predicted octanol–water partition coefficient (Wildman–Crippen LogP) is 17.5. The number of fused-ring (bicyclic) bond motifs is 9. The molecule has 0 aliphatic heterocycles. The first kappa shape index (κ1) is 42.0. The first-order valence-electron chi connectivity index (χ1n) is 23.5. The van der Waals surface area contributed by atoms with Gasteiger partial charge in [-0.2, -0.15) is 0 Å². The second kappa shape index (κ2) is 14.8. The van der Waals surface area contributed by atoms with E-state index in [0.717, 1.165) is 32.1 Å². The van der Waals surface area contributed by atoms with Gasteiger partial charge in [0, 0.05) is 16.2 Å². The maximum Gasteiger partial charge on any atom is 0.0210 e. The van der Waals surface area contributed by atoms with Gasteiger partial charge in [-0.3, -0.25) is 0 Å². The van der Waals surface area contributed by atoms with Crippen molar-refractivity contribution in [2.45, 2.75) is 156 Å². The Bertz CT molecular complexity index is 2630. The molecule has 0 saturated carbocycles. The standard InChI is InChI=1S/C58H64.C2H6/c1-13-54(6,7)40-22-28-43-42-24-18-36(30-48(42)56(10,11)49(43)34-40)38-20-26-46-47-27-21-39(33-53(47)58(16-4,17-5)52(46)32-38)37-19-25-44-45-29-23-41(55(8,9)14-2)35-51(45)57(12,15-3)50(44)31-37;1-2/h18-35H,13-17H2,1-12H3;1-2H3. The van der Waals surface area contributed by atoms with E-state index in [1.807, 2.05) is 13.8 Å². The van der Waals surface area contributed by atoms with Crippen molar-refractivity contribution in [1.82, 2.24) is 0 Å². The highest BCUT2D eigenvalue weighted by molar-refractivity contribution is 5.89. The third-order valence-electron chi connectivity index (χ3n) is 16.5. The lowest BCUT2D eigenvalue weighted by atomic mass is 9.72. The fraction of sp³-hybridized carbons (Fsp3) is 0.400. The summed E-state index contributed by atoms with van der Waals surface area (Å²) in [5, 5.41) is 0. The molecule has 6 aromatic carbocycles. The molecule has 9 rings (SSSR count). The van der Waals surface area contributed by atoms with E-state index < -0.39 is 0 Å². The van der Waals surface area contributed by atoms with Crippen molar-refractivity contribution in [2.75, 3.05) is 0 Å². The minimum atomic E-state index is -0.0513. The summed E-state index contributed by atoms with van der Waals surface area (Å²) in [5.74, 6) is 0. The minimum Gasteiger partial charge on any atom is -0.0683 e. The Morgan fingerprint density at radius 3 is 1.05 bits per heavy atom. The molecule has 1 unspecified atom stereocenters. The van der Waals surface area contributed by atoms with Crippen LogP contribution < -0.4 is 0 Å². The maximum atomic E-state index is 2.56. The highest BCUT2D eigenvalue weighted by Crippen LogP contribution is 2.57. The summed E-state index contributed by atoms with van der Waals surface area (Å²) in [6.07, 6.45) is 5.49. The van der Waals surface area contributed by atoms with E-state index in [1.54, 1.807) is 0 Å². The molecule has 3 aliphatic carbocycles. The Hall–Kier alpha value is -4.68. The van der Waals surface area contributed by atoms with Crippen LogP contribution in [0.15, 0.2) is 109 Å². The fourth-order valence-electron chi connectivity index (χ4n) is 11.2. The average molecular weight is 791 g/mol. The molecule has 60 heavy (non-hydrogen) atoms. The minimum absolute atomic E-state index is 0.00899. The van der Waals surface area contributed by atoms with Crippen LogP contribution in [0.3, 0.4) is 0 Å². The monoisotopic (exact) mass is 791 g/mol. The van der Waals surface area contributed by atoms with Gasteiger partial charge in [0.2, 0.25) is 0 Å². The van der Waals surface area contributed by atoms with E-state index in [4.69, 9.17) is 0 Å². The Morgan fingerprint density at radius 2 is 0.667 bits per heavy atom. The zero-order valence-corrected chi connectivity index (χ0v) is 39.4. The van der Waals surface area contributed by atoms with Gasteiger partial charge in [0.1, 0.15) is 0 Å². The lowest BCUT2D eigenvalue weighted by Crippen LogP contribution is -2.23. The fourth-order valence-corrected chi connectivity index (χ4v) is 11.2. The van der Waals surface area contributed by atoms with Gasteiger partial charge in [-0.05, 0) is 167 Å². The molecular formula is C60H70. The van der Waals surface area contributed by atoms with Crippen LogP contribution >= 0.6 is 0 Å². The smallest absolute Gasteiger partial charge is 0.0210 e.